The van der Waals surface area contributed by atoms with E-state index in [1.807, 2.05) is 0 Å². The van der Waals surface area contributed by atoms with Crippen molar-refractivity contribution in [3.63, 3.8) is 0 Å². The van der Waals surface area contributed by atoms with Crippen LogP contribution in [0.4, 0.5) is 0 Å². The van der Waals surface area contributed by atoms with E-state index in [2.05, 4.69) is 0 Å². The van der Waals surface area contributed by atoms with E-state index in [4.69, 9.17) is 0 Å². The first-order valence-electron chi connectivity index (χ1n) is 0. The standard InChI is InChI=1S/B.Fe.Se.Zn. The molecule has 0 bridgehead atoms. The van der Waals surface area contributed by atoms with E-state index in [-0.39, 0.29) is 62.0 Å². The van der Waals surface area contributed by atoms with Crippen molar-refractivity contribution in [2.45, 2.75) is 0 Å². The van der Waals surface area contributed by atoms with Gasteiger partial charge in [0.2, 0.25) is 0 Å². The Morgan fingerprint density at radius 3 is 1.00 bits per heavy atom. The smallest absolute Gasteiger partial charge is 0 e. The normalized spacial score (nSPS) is 0. The van der Waals surface area contributed by atoms with Crippen molar-refractivity contribution in [1.29, 1.82) is 0 Å². The van der Waals surface area contributed by atoms with Crippen LogP contribution in [-0.2, 0) is 36.5 Å². The molecule has 0 aromatic heterocycles. The average molecular weight is 211 g/mol. The molecule has 4 heavy (non-hydrogen) atoms. The molecule has 0 saturated carbocycles. The summed E-state index contributed by atoms with van der Waals surface area (Å²) in [6, 6.07) is 0. The minimum absolute atomic E-state index is 0. The summed E-state index contributed by atoms with van der Waals surface area (Å²) >= 11 is 0. The maximum Gasteiger partial charge on any atom is 0 e. The second kappa shape index (κ2) is 22.0. The van der Waals surface area contributed by atoms with Crippen LogP contribution in [-0.4, -0.2) is 25.5 Å². The first kappa shape index (κ1) is 42.9. The van der Waals surface area contributed by atoms with Crippen molar-refractivity contribution < 1.29 is 36.5 Å². The van der Waals surface area contributed by atoms with Gasteiger partial charge in [0.05, 0.1) is 0 Å². The summed E-state index contributed by atoms with van der Waals surface area (Å²) in [5.41, 5.74) is 0. The van der Waals surface area contributed by atoms with E-state index in [9.17, 15) is 0 Å². The summed E-state index contributed by atoms with van der Waals surface area (Å²) in [7, 11) is 0. The van der Waals surface area contributed by atoms with Gasteiger partial charge in [0.25, 0.3) is 0 Å². The second-order valence-corrected chi connectivity index (χ2v) is 0. The molecule has 0 saturated heterocycles. The molecule has 4 heteroatoms. The Hall–Kier alpha value is 1.73. The first-order valence-corrected chi connectivity index (χ1v) is 0. The maximum atomic E-state index is 0. The molecule has 0 amide bonds. The maximum absolute atomic E-state index is 0. The first-order chi connectivity index (χ1) is 0. The molecule has 0 heterocycles. The second-order valence-electron chi connectivity index (χ2n) is 0. The van der Waals surface area contributed by atoms with Gasteiger partial charge in [0, 0.05) is 62.0 Å². The van der Waals surface area contributed by atoms with Crippen molar-refractivity contribution >= 4 is 25.5 Å². The number of hydrogen-bond acceptors (Lipinski definition) is 0. The quantitative estimate of drug-likeness (QED) is 0.462. The van der Waals surface area contributed by atoms with Gasteiger partial charge >= 0.3 is 0 Å². The van der Waals surface area contributed by atoms with Gasteiger partial charge in [-0.1, -0.05) is 0 Å². The average Bonchev–Trinajstić information content (AvgIpc) is 0. The Morgan fingerprint density at radius 2 is 1.00 bits per heavy atom. The molecule has 0 unspecified atom stereocenters. The number of hydrogen-bond donors (Lipinski definition) is 0. The molecule has 0 aliphatic rings. The molecule has 0 aromatic rings. The third-order valence-corrected chi connectivity index (χ3v) is 0. The predicted molar refractivity (Wildman–Crippen MR) is 11.5 cm³/mol. The largest absolute Gasteiger partial charge is 0 e. The Morgan fingerprint density at radius 1 is 1.00 bits per heavy atom. The summed E-state index contributed by atoms with van der Waals surface area (Å²) < 4.78 is 0. The van der Waals surface area contributed by atoms with Gasteiger partial charge < -0.3 is 0 Å². The van der Waals surface area contributed by atoms with Crippen molar-refractivity contribution in [2.75, 3.05) is 0 Å². The Bertz CT molecular complexity index is 8.00. The minimum atomic E-state index is 0. The van der Waals surface area contributed by atoms with Crippen LogP contribution in [0.25, 0.3) is 0 Å². The third-order valence-electron chi connectivity index (χ3n) is 0. The summed E-state index contributed by atoms with van der Waals surface area (Å²) in [6.07, 6.45) is 0. The molecule has 0 aliphatic carbocycles. The van der Waals surface area contributed by atoms with Crippen molar-refractivity contribution in [3.8, 4) is 0 Å². The van der Waals surface area contributed by atoms with E-state index in [1.54, 1.807) is 0 Å². The summed E-state index contributed by atoms with van der Waals surface area (Å²) in [4.78, 5) is 0. The molecule has 0 aromatic carbocycles. The van der Waals surface area contributed by atoms with E-state index >= 15 is 0 Å². The van der Waals surface area contributed by atoms with E-state index < -0.39 is 0 Å². The molecule has 0 atom stereocenters. The fraction of sp³-hybridized carbons (Fsp3) is 0. The van der Waals surface area contributed by atoms with Gasteiger partial charge in [-0.25, -0.2) is 0 Å². The van der Waals surface area contributed by atoms with Gasteiger partial charge in [-0.3, -0.25) is 0 Å². The van der Waals surface area contributed by atoms with Crippen LogP contribution in [0, 0.1) is 0 Å². The van der Waals surface area contributed by atoms with Crippen molar-refractivity contribution in [3.05, 3.63) is 0 Å². The molecule has 0 fully saturated rings. The zero-order valence-electron chi connectivity index (χ0n) is 2.05. The third kappa shape index (κ3) is 9.29. The Labute approximate surface area is 61.8 Å². The molecule has 0 rings (SSSR count). The van der Waals surface area contributed by atoms with E-state index in [0.717, 1.165) is 0 Å². The molecular formula is BFeSeZn. The molecule has 0 nitrogen and oxygen atoms in total. The number of rotatable bonds is 0. The Balaban J connectivity index is 0. The van der Waals surface area contributed by atoms with Crippen molar-refractivity contribution in [2.24, 2.45) is 0 Å². The zero-order chi connectivity index (χ0) is 0. The van der Waals surface area contributed by atoms with Gasteiger partial charge in [0.1, 0.15) is 0 Å². The van der Waals surface area contributed by atoms with Crippen LogP contribution < -0.4 is 0 Å². The van der Waals surface area contributed by atoms with Crippen molar-refractivity contribution in [1.82, 2.24) is 0 Å². The van der Waals surface area contributed by atoms with Gasteiger partial charge in [-0.2, -0.15) is 0 Å². The van der Waals surface area contributed by atoms with Crippen LogP contribution in [0.1, 0.15) is 0 Å². The predicted octanol–water partition coefficient (Wildman–Crippen LogP) is -0.767. The van der Waals surface area contributed by atoms with Crippen LogP contribution >= 0.6 is 0 Å². The molecule has 0 spiro atoms. The molecule has 5 radical (unpaired) electrons. The summed E-state index contributed by atoms with van der Waals surface area (Å²) in [6.45, 7) is 0. The van der Waals surface area contributed by atoms with E-state index in [0.29, 0.717) is 0 Å². The fourth-order valence-corrected chi connectivity index (χ4v) is 0. The molecule has 19 valence electrons. The van der Waals surface area contributed by atoms with Crippen LogP contribution in [0.5, 0.6) is 0 Å². The van der Waals surface area contributed by atoms with Gasteiger partial charge in [0.15, 0.2) is 0 Å². The Kier molecular flexibility index (Phi) is 236. The topological polar surface area (TPSA) is 0 Å². The zero-order valence-corrected chi connectivity index (χ0v) is 7.83. The summed E-state index contributed by atoms with van der Waals surface area (Å²) in [5, 5.41) is 0. The van der Waals surface area contributed by atoms with Crippen LogP contribution in [0.15, 0.2) is 0 Å². The minimum Gasteiger partial charge on any atom is 0 e. The van der Waals surface area contributed by atoms with Gasteiger partial charge in [-0.15, -0.1) is 0 Å². The van der Waals surface area contributed by atoms with Crippen LogP contribution in [0.3, 0.4) is 0 Å². The monoisotopic (exact) mass is 211 g/mol. The molecule has 0 N–H and O–H groups in total. The fourth-order valence-electron chi connectivity index (χ4n) is 0. The van der Waals surface area contributed by atoms with E-state index in [1.165, 1.54) is 0 Å². The molecule has 0 aliphatic heterocycles. The van der Waals surface area contributed by atoms with Crippen LogP contribution in [0.2, 0.25) is 0 Å². The molecular weight excluding hydrogens is 211 g/mol. The van der Waals surface area contributed by atoms with Gasteiger partial charge in [-0.05, 0) is 0 Å². The SMILES string of the molecule is [B].[Fe].[Se].[Zn]. The summed E-state index contributed by atoms with van der Waals surface area (Å²) in [5.74, 6) is 0.